The lowest BCUT2D eigenvalue weighted by molar-refractivity contribution is 0.122. The van der Waals surface area contributed by atoms with Crippen molar-refractivity contribution in [2.45, 2.75) is 25.4 Å². The molecular weight excluding hydrogens is 427 g/mol. The summed E-state index contributed by atoms with van der Waals surface area (Å²) in [7, 11) is 1.88. The Morgan fingerprint density at radius 2 is 1.82 bits per heavy atom. The zero-order chi connectivity index (χ0) is 23.1. The molecule has 11 nitrogen and oxygen atoms in total. The molecule has 0 bridgehead atoms. The summed E-state index contributed by atoms with van der Waals surface area (Å²) in [6.07, 6.45) is 4.58. The third-order valence-electron chi connectivity index (χ3n) is 6.05. The van der Waals surface area contributed by atoms with Gasteiger partial charge in [0.1, 0.15) is 17.8 Å². The van der Waals surface area contributed by atoms with Crippen molar-refractivity contribution in [3.05, 3.63) is 54.3 Å². The Bertz CT molecular complexity index is 1120. The Morgan fingerprint density at radius 3 is 2.48 bits per heavy atom. The van der Waals surface area contributed by atoms with E-state index in [1.54, 1.807) is 6.33 Å². The standard InChI is InChI=1S/C21H27FN10O/c1-13(19-25-9-14(22)10-26-19)31-20-15(3-4-16(28-20)30-5-7-33-8-6-30)18(23)32(21(31)24)17-11-29(2)12-27-17/h3-4,9-13,18,21H,5-8,23-24H2,1-2H3/t13-,18?,21?/m0/s1. The summed E-state index contributed by atoms with van der Waals surface area (Å²) in [5.41, 5.74) is 14.3. The molecule has 2 aliphatic heterocycles. The normalized spacial score (nSPS) is 21.8. The lowest BCUT2D eigenvalue weighted by Crippen LogP contribution is -2.62. The van der Waals surface area contributed by atoms with E-state index in [-0.39, 0.29) is 0 Å². The Labute approximate surface area is 190 Å². The maximum Gasteiger partial charge on any atom is 0.159 e. The van der Waals surface area contributed by atoms with E-state index in [0.717, 1.165) is 36.9 Å². The number of aromatic nitrogens is 5. The molecule has 1 saturated heterocycles. The minimum Gasteiger partial charge on any atom is -0.378 e. The van der Waals surface area contributed by atoms with Crippen LogP contribution in [0, 0.1) is 5.82 Å². The fraction of sp³-hybridized carbons (Fsp3) is 0.429. The van der Waals surface area contributed by atoms with Crippen LogP contribution < -0.4 is 26.2 Å². The van der Waals surface area contributed by atoms with Gasteiger partial charge in [-0.15, -0.1) is 0 Å². The molecule has 0 spiro atoms. The number of ether oxygens (including phenoxy) is 1. The molecule has 0 amide bonds. The summed E-state index contributed by atoms with van der Waals surface area (Å²) in [4.78, 5) is 23.7. The van der Waals surface area contributed by atoms with E-state index >= 15 is 0 Å². The topological polar surface area (TPSA) is 127 Å². The van der Waals surface area contributed by atoms with Gasteiger partial charge in [0.2, 0.25) is 0 Å². The molecule has 4 N–H and O–H groups in total. The molecule has 3 atom stereocenters. The van der Waals surface area contributed by atoms with E-state index in [1.807, 2.05) is 46.7 Å². The van der Waals surface area contributed by atoms with Gasteiger partial charge in [0, 0.05) is 31.9 Å². The van der Waals surface area contributed by atoms with E-state index in [0.29, 0.717) is 30.7 Å². The van der Waals surface area contributed by atoms with Crippen molar-refractivity contribution in [1.29, 1.82) is 0 Å². The first kappa shape index (κ1) is 21.5. The summed E-state index contributed by atoms with van der Waals surface area (Å²) < 4.78 is 20.8. The van der Waals surface area contributed by atoms with Gasteiger partial charge < -0.3 is 29.7 Å². The average molecular weight is 455 g/mol. The molecule has 3 aromatic rings. The minimum atomic E-state index is -0.710. The number of nitrogens with two attached hydrogens (primary N) is 2. The highest BCUT2D eigenvalue weighted by Crippen LogP contribution is 2.40. The monoisotopic (exact) mass is 454 g/mol. The summed E-state index contributed by atoms with van der Waals surface area (Å²) in [5, 5.41) is 0. The number of morpholine rings is 1. The number of aryl methyl sites for hydroxylation is 1. The number of nitrogens with zero attached hydrogens (tertiary/aromatic N) is 8. The molecule has 33 heavy (non-hydrogen) atoms. The quantitative estimate of drug-likeness (QED) is 0.586. The smallest absolute Gasteiger partial charge is 0.159 e. The second-order valence-corrected chi connectivity index (χ2v) is 8.19. The number of anilines is 3. The second-order valence-electron chi connectivity index (χ2n) is 8.19. The van der Waals surface area contributed by atoms with Crippen molar-refractivity contribution in [2.24, 2.45) is 18.5 Å². The maximum absolute atomic E-state index is 13.5. The largest absolute Gasteiger partial charge is 0.378 e. The van der Waals surface area contributed by atoms with Gasteiger partial charge in [-0.3, -0.25) is 5.73 Å². The van der Waals surface area contributed by atoms with Crippen molar-refractivity contribution in [2.75, 3.05) is 41.0 Å². The Hall–Kier alpha value is -3.35. The van der Waals surface area contributed by atoms with E-state index in [1.165, 1.54) is 0 Å². The Kier molecular flexibility index (Phi) is 5.56. The summed E-state index contributed by atoms with van der Waals surface area (Å²) in [6.45, 7) is 4.71. The van der Waals surface area contributed by atoms with Crippen molar-refractivity contribution in [1.82, 2.24) is 24.5 Å². The molecule has 5 rings (SSSR count). The first-order chi connectivity index (χ1) is 15.9. The van der Waals surface area contributed by atoms with Crippen LogP contribution in [0.2, 0.25) is 0 Å². The summed E-state index contributed by atoms with van der Waals surface area (Å²) in [6, 6.07) is 3.53. The molecule has 0 radical (unpaired) electrons. The van der Waals surface area contributed by atoms with Gasteiger partial charge in [0.15, 0.2) is 23.7 Å². The minimum absolute atomic E-state index is 0.412. The van der Waals surface area contributed by atoms with Crippen molar-refractivity contribution in [3.63, 3.8) is 0 Å². The van der Waals surface area contributed by atoms with Crippen LogP contribution in [0.3, 0.4) is 0 Å². The third kappa shape index (κ3) is 3.86. The van der Waals surface area contributed by atoms with E-state index in [2.05, 4.69) is 19.9 Å². The Morgan fingerprint density at radius 1 is 1.09 bits per heavy atom. The Balaban J connectivity index is 1.61. The molecule has 0 saturated carbocycles. The van der Waals surface area contributed by atoms with Crippen LogP contribution in [-0.2, 0) is 11.8 Å². The van der Waals surface area contributed by atoms with Crippen molar-refractivity contribution in [3.8, 4) is 0 Å². The zero-order valence-electron chi connectivity index (χ0n) is 18.5. The number of imidazole rings is 1. The van der Waals surface area contributed by atoms with E-state index in [4.69, 9.17) is 21.2 Å². The van der Waals surface area contributed by atoms with Gasteiger partial charge in [-0.25, -0.2) is 24.3 Å². The van der Waals surface area contributed by atoms with Crippen LogP contribution in [0.4, 0.5) is 21.8 Å². The molecule has 0 aliphatic carbocycles. The van der Waals surface area contributed by atoms with Crippen molar-refractivity contribution < 1.29 is 9.13 Å². The highest BCUT2D eigenvalue weighted by molar-refractivity contribution is 5.63. The third-order valence-corrected chi connectivity index (χ3v) is 6.05. The highest BCUT2D eigenvalue weighted by Gasteiger charge is 2.41. The number of halogens is 1. The van der Waals surface area contributed by atoms with Crippen LogP contribution >= 0.6 is 0 Å². The molecule has 3 aromatic heterocycles. The second kappa shape index (κ2) is 8.54. The van der Waals surface area contributed by atoms with Crippen LogP contribution in [0.5, 0.6) is 0 Å². The van der Waals surface area contributed by atoms with Crippen LogP contribution in [-0.4, -0.2) is 57.1 Å². The first-order valence-corrected chi connectivity index (χ1v) is 10.8. The van der Waals surface area contributed by atoms with Gasteiger partial charge >= 0.3 is 0 Å². The summed E-state index contributed by atoms with van der Waals surface area (Å²) >= 11 is 0. The first-order valence-electron chi connectivity index (χ1n) is 10.8. The molecule has 174 valence electrons. The van der Waals surface area contributed by atoms with Crippen LogP contribution in [0.25, 0.3) is 0 Å². The number of rotatable bonds is 4. The van der Waals surface area contributed by atoms with Crippen molar-refractivity contribution >= 4 is 17.5 Å². The predicted molar refractivity (Wildman–Crippen MR) is 121 cm³/mol. The lowest BCUT2D eigenvalue weighted by atomic mass is 10.1. The number of hydrogen-bond donors (Lipinski definition) is 2. The van der Waals surface area contributed by atoms with Gasteiger partial charge in [-0.2, -0.15) is 0 Å². The van der Waals surface area contributed by atoms with Crippen LogP contribution in [0.1, 0.15) is 30.5 Å². The predicted octanol–water partition coefficient (Wildman–Crippen LogP) is 0.868. The van der Waals surface area contributed by atoms with Gasteiger partial charge in [0.25, 0.3) is 0 Å². The molecule has 2 unspecified atom stereocenters. The fourth-order valence-corrected chi connectivity index (χ4v) is 4.31. The number of fused-ring (bicyclic) bond motifs is 1. The highest BCUT2D eigenvalue weighted by atomic mass is 19.1. The lowest BCUT2D eigenvalue weighted by Gasteiger charge is -2.48. The van der Waals surface area contributed by atoms with Gasteiger partial charge in [-0.1, -0.05) is 0 Å². The molecule has 1 fully saturated rings. The maximum atomic E-state index is 13.5. The average Bonchev–Trinajstić information content (AvgIpc) is 3.25. The molecular formula is C21H27FN10O. The van der Waals surface area contributed by atoms with E-state index < -0.39 is 24.3 Å². The zero-order valence-corrected chi connectivity index (χ0v) is 18.5. The van der Waals surface area contributed by atoms with Gasteiger partial charge in [-0.05, 0) is 19.1 Å². The van der Waals surface area contributed by atoms with Crippen LogP contribution in [0.15, 0.2) is 37.1 Å². The molecule has 12 heteroatoms. The number of pyridine rings is 1. The molecule has 2 aliphatic rings. The fourth-order valence-electron chi connectivity index (χ4n) is 4.31. The summed E-state index contributed by atoms with van der Waals surface area (Å²) in [5.74, 6) is 2.02. The molecule has 0 aromatic carbocycles. The van der Waals surface area contributed by atoms with E-state index in [9.17, 15) is 4.39 Å². The SMILES string of the molecule is C[C@@H](c1ncc(F)cn1)N1c2nc(N3CCOCC3)ccc2C(N)N(c2cn(C)cn2)C1N. The molecule has 5 heterocycles. The number of hydrogen-bond acceptors (Lipinski definition) is 10. The van der Waals surface area contributed by atoms with Gasteiger partial charge in [0.05, 0.1) is 38.0 Å².